The zero-order valence-electron chi connectivity index (χ0n) is 4.47. The zero-order valence-corrected chi connectivity index (χ0v) is 6.88. The van der Waals surface area contributed by atoms with Gasteiger partial charge in [-0.2, -0.15) is 0 Å². The van der Waals surface area contributed by atoms with Crippen LogP contribution in [0.2, 0.25) is 0 Å². The van der Waals surface area contributed by atoms with Crippen molar-refractivity contribution in [3.63, 3.8) is 0 Å². The summed E-state index contributed by atoms with van der Waals surface area (Å²) in [7, 11) is 0. The normalized spacial score (nSPS) is 10.9. The van der Waals surface area contributed by atoms with Crippen LogP contribution < -0.4 is 0 Å². The quantitative estimate of drug-likeness (QED) is 0.661. The lowest BCUT2D eigenvalue weighted by atomic mass is 10.5. The molecular formula is C6H4BrFS. The Kier molecular flexibility index (Phi) is 2.42. The molecule has 1 heterocycles. The van der Waals surface area contributed by atoms with Crippen LogP contribution in [0.3, 0.4) is 0 Å². The Morgan fingerprint density at radius 1 is 1.56 bits per heavy atom. The van der Waals surface area contributed by atoms with Crippen LogP contribution in [0.15, 0.2) is 22.2 Å². The molecule has 0 fully saturated rings. The van der Waals surface area contributed by atoms with Gasteiger partial charge in [-0.25, -0.2) is 4.39 Å². The van der Waals surface area contributed by atoms with E-state index in [2.05, 4.69) is 15.9 Å². The fourth-order valence-electron chi connectivity index (χ4n) is 0.480. The van der Waals surface area contributed by atoms with E-state index in [9.17, 15) is 4.39 Å². The summed E-state index contributed by atoms with van der Waals surface area (Å²) in [6.45, 7) is 0. The lowest BCUT2D eigenvalue weighted by Crippen LogP contribution is -1.49. The molecule has 0 nitrogen and oxygen atoms in total. The Morgan fingerprint density at radius 3 is 2.78 bits per heavy atom. The van der Waals surface area contributed by atoms with Gasteiger partial charge in [-0.05, 0) is 34.1 Å². The van der Waals surface area contributed by atoms with Crippen LogP contribution in [0.1, 0.15) is 4.88 Å². The molecule has 0 bridgehead atoms. The molecule has 1 aromatic rings. The van der Waals surface area contributed by atoms with E-state index in [-0.39, 0.29) is 0 Å². The van der Waals surface area contributed by atoms with Gasteiger partial charge in [0.05, 0.1) is 10.1 Å². The Hall–Kier alpha value is -0.150. The molecule has 0 aliphatic carbocycles. The molecule has 0 aromatic carbocycles. The molecule has 1 aromatic heterocycles. The van der Waals surface area contributed by atoms with Crippen LogP contribution in [0, 0.1) is 0 Å². The van der Waals surface area contributed by atoms with E-state index in [0.29, 0.717) is 6.33 Å². The van der Waals surface area contributed by atoms with Gasteiger partial charge in [-0.1, -0.05) is 0 Å². The van der Waals surface area contributed by atoms with Crippen LogP contribution in [0.5, 0.6) is 0 Å². The van der Waals surface area contributed by atoms with Crippen molar-refractivity contribution in [3.8, 4) is 0 Å². The third-order valence-electron chi connectivity index (χ3n) is 0.821. The van der Waals surface area contributed by atoms with Crippen molar-refractivity contribution in [3.05, 3.63) is 27.1 Å². The summed E-state index contributed by atoms with van der Waals surface area (Å²) in [5.74, 6) is 0. The molecule has 0 radical (unpaired) electrons. The molecule has 0 amide bonds. The van der Waals surface area contributed by atoms with E-state index in [4.69, 9.17) is 0 Å². The van der Waals surface area contributed by atoms with Gasteiger partial charge in [0.1, 0.15) is 0 Å². The first-order chi connectivity index (χ1) is 4.33. The van der Waals surface area contributed by atoms with Gasteiger partial charge >= 0.3 is 0 Å². The fraction of sp³-hybridized carbons (Fsp3) is 0. The van der Waals surface area contributed by atoms with Gasteiger partial charge in [-0.15, -0.1) is 11.3 Å². The second-order valence-corrected chi connectivity index (χ2v) is 3.93. The van der Waals surface area contributed by atoms with Crippen molar-refractivity contribution in [2.75, 3.05) is 0 Å². The largest absolute Gasteiger partial charge is 0.215 e. The molecule has 0 aliphatic heterocycles. The van der Waals surface area contributed by atoms with E-state index in [1.54, 1.807) is 0 Å². The van der Waals surface area contributed by atoms with Gasteiger partial charge in [-0.3, -0.25) is 0 Å². The molecular weight excluding hydrogens is 203 g/mol. The first-order valence-corrected chi connectivity index (χ1v) is 3.96. The lowest BCUT2D eigenvalue weighted by Gasteiger charge is -1.75. The topological polar surface area (TPSA) is 0 Å². The third-order valence-corrected chi connectivity index (χ3v) is 2.41. The van der Waals surface area contributed by atoms with Crippen molar-refractivity contribution < 1.29 is 4.39 Å². The van der Waals surface area contributed by atoms with Gasteiger partial charge in [0.2, 0.25) is 0 Å². The first kappa shape index (κ1) is 6.96. The Labute approximate surface area is 65.1 Å². The molecule has 1 rings (SSSR count). The van der Waals surface area contributed by atoms with Crippen molar-refractivity contribution in [2.45, 2.75) is 0 Å². The van der Waals surface area contributed by atoms with E-state index >= 15 is 0 Å². The van der Waals surface area contributed by atoms with Gasteiger partial charge in [0, 0.05) is 4.88 Å². The highest BCUT2D eigenvalue weighted by molar-refractivity contribution is 9.11. The van der Waals surface area contributed by atoms with Crippen molar-refractivity contribution >= 4 is 33.3 Å². The number of hydrogen-bond acceptors (Lipinski definition) is 1. The highest BCUT2D eigenvalue weighted by Crippen LogP contribution is 2.22. The van der Waals surface area contributed by atoms with Crippen LogP contribution in [-0.2, 0) is 0 Å². The van der Waals surface area contributed by atoms with Crippen molar-refractivity contribution in [1.29, 1.82) is 0 Å². The van der Waals surface area contributed by atoms with E-state index in [0.717, 1.165) is 8.66 Å². The fourth-order valence-corrected chi connectivity index (χ4v) is 1.79. The summed E-state index contributed by atoms with van der Waals surface area (Å²) in [5.41, 5.74) is 0. The first-order valence-electron chi connectivity index (χ1n) is 2.35. The number of rotatable bonds is 1. The molecule has 0 spiro atoms. The predicted molar refractivity (Wildman–Crippen MR) is 42.2 cm³/mol. The van der Waals surface area contributed by atoms with Gasteiger partial charge in [0.15, 0.2) is 0 Å². The van der Waals surface area contributed by atoms with Crippen LogP contribution in [-0.4, -0.2) is 0 Å². The summed E-state index contributed by atoms with van der Waals surface area (Å²) in [5, 5.41) is 0. The average molecular weight is 207 g/mol. The lowest BCUT2D eigenvalue weighted by molar-refractivity contribution is 0.728. The molecule has 0 atom stereocenters. The maximum atomic E-state index is 11.5. The Bertz CT molecular complexity index is 217. The van der Waals surface area contributed by atoms with Gasteiger partial charge in [0.25, 0.3) is 0 Å². The number of hydrogen-bond donors (Lipinski definition) is 0. The van der Waals surface area contributed by atoms with Crippen LogP contribution >= 0.6 is 27.3 Å². The third kappa shape index (κ3) is 1.91. The second kappa shape index (κ2) is 3.13. The predicted octanol–water partition coefficient (Wildman–Crippen LogP) is 3.45. The summed E-state index contributed by atoms with van der Waals surface area (Å²) < 4.78 is 12.5. The number of halogens is 2. The smallest absolute Gasteiger partial charge is 0.0880 e. The Morgan fingerprint density at radius 2 is 2.33 bits per heavy atom. The van der Waals surface area contributed by atoms with E-state index in [1.807, 2.05) is 12.1 Å². The summed E-state index contributed by atoms with van der Waals surface area (Å²) in [6.07, 6.45) is 1.97. The highest BCUT2D eigenvalue weighted by atomic mass is 79.9. The maximum Gasteiger partial charge on any atom is 0.0880 e. The average Bonchev–Trinajstić information content (AvgIpc) is 2.17. The maximum absolute atomic E-state index is 11.5. The van der Waals surface area contributed by atoms with E-state index < -0.39 is 0 Å². The van der Waals surface area contributed by atoms with E-state index in [1.165, 1.54) is 17.4 Å². The monoisotopic (exact) mass is 206 g/mol. The summed E-state index contributed by atoms with van der Waals surface area (Å²) in [6, 6.07) is 3.74. The molecule has 0 unspecified atom stereocenters. The molecule has 48 valence electrons. The van der Waals surface area contributed by atoms with Crippen LogP contribution in [0.4, 0.5) is 4.39 Å². The molecule has 0 saturated carbocycles. The highest BCUT2D eigenvalue weighted by Gasteiger charge is 1.90. The molecule has 3 heteroatoms. The summed E-state index contributed by atoms with van der Waals surface area (Å²) in [4.78, 5) is 0.921. The molecule has 9 heavy (non-hydrogen) atoms. The second-order valence-electron chi connectivity index (χ2n) is 1.43. The minimum absolute atomic E-state index is 0.540. The molecule has 0 saturated heterocycles. The van der Waals surface area contributed by atoms with Crippen molar-refractivity contribution in [1.82, 2.24) is 0 Å². The van der Waals surface area contributed by atoms with Crippen molar-refractivity contribution in [2.24, 2.45) is 0 Å². The number of thiophene rings is 1. The standard InChI is InChI=1S/C6H4BrFS/c7-6-2-1-5(9-6)3-4-8/h1-4H/b4-3+. The zero-order chi connectivity index (χ0) is 6.69. The van der Waals surface area contributed by atoms with Gasteiger partial charge < -0.3 is 0 Å². The SMILES string of the molecule is F/C=C/c1ccc(Br)s1. The molecule has 0 aliphatic rings. The minimum atomic E-state index is 0.540. The minimum Gasteiger partial charge on any atom is -0.215 e. The summed E-state index contributed by atoms with van der Waals surface area (Å²) >= 11 is 4.77. The Balaban J connectivity index is 2.85. The molecule has 0 N–H and O–H groups in total. The van der Waals surface area contributed by atoms with Crippen LogP contribution in [0.25, 0.3) is 6.08 Å².